The van der Waals surface area contributed by atoms with Crippen molar-refractivity contribution in [1.82, 2.24) is 65.0 Å². The lowest BCUT2D eigenvalue weighted by Gasteiger charge is -2.41. The van der Waals surface area contributed by atoms with Crippen LogP contribution in [0.15, 0.2) is 110 Å². The molecule has 0 aliphatic carbocycles. The Balaban J connectivity index is 0.000000136. The zero-order valence-electron chi connectivity index (χ0n) is 53.3. The lowest BCUT2D eigenvalue weighted by molar-refractivity contribution is -0.187. The van der Waals surface area contributed by atoms with Crippen LogP contribution in [0.25, 0.3) is 50.8 Å². The van der Waals surface area contributed by atoms with Crippen molar-refractivity contribution in [3.05, 3.63) is 178 Å². The van der Waals surface area contributed by atoms with E-state index >= 15 is 0 Å². The summed E-state index contributed by atoms with van der Waals surface area (Å²) in [7, 11) is -3.31. The number of ether oxygens (including phenoxy) is 1. The van der Waals surface area contributed by atoms with Crippen molar-refractivity contribution in [2.45, 2.75) is 62.8 Å². The molecule has 9 aromatic rings. The van der Waals surface area contributed by atoms with Crippen LogP contribution in [0.3, 0.4) is 0 Å². The number of aliphatic hydroxyl groups excluding tert-OH is 1. The van der Waals surface area contributed by atoms with Crippen LogP contribution in [0.2, 0.25) is 0 Å². The summed E-state index contributed by atoms with van der Waals surface area (Å²) in [5.74, 6) is -1.32. The third kappa shape index (κ3) is 13.6. The quantitative estimate of drug-likeness (QED) is 0.0839. The molecule has 15 rings (SSSR count). The van der Waals surface area contributed by atoms with Crippen molar-refractivity contribution in [2.24, 2.45) is 5.73 Å². The maximum Gasteiger partial charge on any atom is 0.408 e. The molecule has 6 aliphatic rings. The first kappa shape index (κ1) is 67.9. The monoisotopic (exact) mass is 1400 g/mol. The second kappa shape index (κ2) is 27.3. The van der Waals surface area contributed by atoms with E-state index < -0.39 is 57.7 Å². The minimum Gasteiger partial charge on any atom is -0.389 e. The molecule has 0 spiro atoms. The molecule has 6 aliphatic heterocycles. The molecule has 34 heteroatoms. The number of nitrogens with two attached hydrogens (primary N) is 1. The number of fused-ring (bicyclic) bond motifs is 3. The molecule has 3 atom stereocenters. The summed E-state index contributed by atoms with van der Waals surface area (Å²) in [4.78, 5) is 56.2. The summed E-state index contributed by atoms with van der Waals surface area (Å²) >= 11 is 0. The van der Waals surface area contributed by atoms with Crippen LogP contribution < -0.4 is 41.1 Å². The van der Waals surface area contributed by atoms with E-state index in [0.29, 0.717) is 97.0 Å². The second-order valence-electron chi connectivity index (χ2n) is 24.4. The van der Waals surface area contributed by atoms with Crippen molar-refractivity contribution in [3.8, 4) is 69.0 Å². The lowest BCUT2D eigenvalue weighted by Crippen LogP contribution is -2.63. The number of β-amino-alcohol motifs (C(OH)–C–C–N with tert-alkyl or cyclic N) is 1. The molecule has 6 aromatic heterocycles. The van der Waals surface area contributed by atoms with Gasteiger partial charge in [0.15, 0.2) is 17.5 Å². The fraction of sp³-hybridized carbons (Fsp3) is 0.284. The number of carbonyl (C=O) groups is 3. The molecule has 3 saturated heterocycles. The molecule has 3 aromatic carbocycles. The Kier molecular flexibility index (Phi) is 18.3. The van der Waals surface area contributed by atoms with Gasteiger partial charge in [-0.05, 0) is 73.9 Å². The number of hydrogen-bond acceptors (Lipinski definition) is 20. The number of alkyl halides is 3. The summed E-state index contributed by atoms with van der Waals surface area (Å²) in [5, 5.41) is 60.1. The Labute approximate surface area is 571 Å². The van der Waals surface area contributed by atoms with Gasteiger partial charge in [0, 0.05) is 82.1 Å². The number of piperidine rings is 1. The number of pyridine rings is 3. The third-order valence-corrected chi connectivity index (χ3v) is 18.4. The number of aliphatic hydroxyl groups is 1. The van der Waals surface area contributed by atoms with Gasteiger partial charge in [-0.1, -0.05) is 18.2 Å². The minimum absolute atomic E-state index is 0.0140. The maximum atomic E-state index is 14.7. The zero-order chi connectivity index (χ0) is 71.2. The van der Waals surface area contributed by atoms with E-state index in [1.807, 2.05) is 28.0 Å². The van der Waals surface area contributed by atoms with Crippen LogP contribution in [0.4, 0.5) is 43.8 Å². The van der Waals surface area contributed by atoms with Gasteiger partial charge in [-0.3, -0.25) is 14.4 Å². The molecule has 0 bridgehead atoms. The molecule has 0 radical (unpaired) electrons. The maximum absolute atomic E-state index is 14.7. The summed E-state index contributed by atoms with van der Waals surface area (Å²) < 4.78 is 120. The van der Waals surface area contributed by atoms with E-state index in [9.17, 15) is 70.0 Å². The molecular weight excluding hydrogens is 1340 g/mol. The normalized spacial score (nSPS) is 18.5. The molecule has 0 saturated carbocycles. The average Bonchev–Trinajstić information content (AvgIpc) is 1.71. The van der Waals surface area contributed by atoms with Crippen LogP contribution in [0, 0.1) is 51.4 Å². The molecule has 27 nitrogen and oxygen atoms in total. The van der Waals surface area contributed by atoms with Gasteiger partial charge in [-0.2, -0.15) is 44.3 Å². The Morgan fingerprint density at radius 1 is 0.604 bits per heavy atom. The number of rotatable bonds is 11. The zero-order valence-corrected chi connectivity index (χ0v) is 54.1. The molecule has 12 heterocycles. The largest absolute Gasteiger partial charge is 0.408 e. The van der Waals surface area contributed by atoms with Gasteiger partial charge in [0.05, 0.1) is 165 Å². The molecule has 3 amide bonds. The van der Waals surface area contributed by atoms with Crippen molar-refractivity contribution >= 4 is 45.2 Å². The number of nitriles is 3. The number of halogens is 6. The highest BCUT2D eigenvalue weighted by molar-refractivity contribution is 7.88. The number of aromatic nitrogens is 9. The van der Waals surface area contributed by atoms with Gasteiger partial charge in [0.1, 0.15) is 23.0 Å². The first-order valence-electron chi connectivity index (χ1n) is 31.4. The number of amides is 3. The smallest absolute Gasteiger partial charge is 0.389 e. The highest BCUT2D eigenvalue weighted by atomic mass is 32.2. The number of carbonyl (C=O) groups excluding carboxylic acids is 3. The lowest BCUT2D eigenvalue weighted by atomic mass is 9.89. The number of anilines is 3. The molecule has 7 N–H and O–H groups in total. The highest BCUT2D eigenvalue weighted by Crippen LogP contribution is 2.39. The predicted molar refractivity (Wildman–Crippen MR) is 350 cm³/mol. The SMILES string of the molecule is CS(=O)(=O)NC1CCN(c2ccn(-c3cc(-c4c(F)cccc4C#N)nc4c3C(=O)NC4)n2)C1.N#Cc1cccc(F)c1-c1cc(-n2ccc(N3CCC[C@](N)(C(F)(F)F)C3)n2)c2c(n1)CNC2=O.N#Cc1cccc(F)c1-c1cc(-n2ccc(N3CCOCC(O)C3)n2)c2c(n1)CNC2=O. The van der Waals surface area contributed by atoms with E-state index in [-0.39, 0.29) is 124 Å². The third-order valence-electron chi connectivity index (χ3n) is 17.7. The molecule has 2 unspecified atom stereocenters. The Morgan fingerprint density at radius 2 is 1.01 bits per heavy atom. The van der Waals surface area contributed by atoms with Gasteiger partial charge in [0.25, 0.3) is 17.7 Å². The Hall–Kier alpha value is -11.6. The van der Waals surface area contributed by atoms with Gasteiger partial charge < -0.3 is 46.2 Å². The number of hydrogen-bond donors (Lipinski definition) is 6. The number of sulfonamides is 1. The van der Waals surface area contributed by atoms with E-state index in [1.54, 1.807) is 36.7 Å². The predicted octanol–water partition coefficient (Wildman–Crippen LogP) is 5.75. The van der Waals surface area contributed by atoms with Crippen LogP contribution >= 0.6 is 0 Å². The van der Waals surface area contributed by atoms with Gasteiger partial charge in [0.2, 0.25) is 10.0 Å². The Bertz CT molecular complexity index is 5080. The van der Waals surface area contributed by atoms with E-state index in [1.165, 1.54) is 91.9 Å². The van der Waals surface area contributed by atoms with Gasteiger partial charge in [-0.15, -0.1) is 0 Å². The van der Waals surface area contributed by atoms with Crippen LogP contribution in [-0.2, 0) is 34.4 Å². The fourth-order valence-electron chi connectivity index (χ4n) is 12.9. The Morgan fingerprint density at radius 3 is 1.41 bits per heavy atom. The molecule has 3 fully saturated rings. The first-order valence-corrected chi connectivity index (χ1v) is 33.3. The first-order chi connectivity index (χ1) is 48.4. The second-order valence-corrected chi connectivity index (χ2v) is 26.2. The van der Waals surface area contributed by atoms with E-state index in [4.69, 9.17) is 10.5 Å². The van der Waals surface area contributed by atoms with Crippen molar-refractivity contribution in [3.63, 3.8) is 0 Å². The number of benzene rings is 3. The fourth-order valence-corrected chi connectivity index (χ4v) is 13.7. The molecular formula is C67H58F6N20O7S. The average molecular weight is 1400 g/mol. The summed E-state index contributed by atoms with van der Waals surface area (Å²) in [6, 6.07) is 27.9. The van der Waals surface area contributed by atoms with Crippen molar-refractivity contribution in [1.29, 1.82) is 15.8 Å². The van der Waals surface area contributed by atoms with Crippen LogP contribution in [-0.4, -0.2) is 158 Å². The summed E-state index contributed by atoms with van der Waals surface area (Å²) in [6.45, 7) is 3.13. The summed E-state index contributed by atoms with van der Waals surface area (Å²) in [6.07, 6.45) is 1.53. The number of nitrogens with zero attached hydrogens (tertiary/aromatic N) is 15. The van der Waals surface area contributed by atoms with Gasteiger partial charge in [-0.25, -0.2) is 55.3 Å². The molecule has 101 heavy (non-hydrogen) atoms. The van der Waals surface area contributed by atoms with Crippen LogP contribution in [0.5, 0.6) is 0 Å². The van der Waals surface area contributed by atoms with Crippen molar-refractivity contribution < 1.29 is 59.0 Å². The van der Waals surface area contributed by atoms with Crippen molar-refractivity contribution in [2.75, 3.05) is 73.4 Å². The molecule has 516 valence electrons. The summed E-state index contributed by atoms with van der Waals surface area (Å²) in [5.41, 5.74) is 7.74. The minimum atomic E-state index is -4.56. The van der Waals surface area contributed by atoms with E-state index in [0.717, 1.165) is 6.26 Å². The number of nitrogens with one attached hydrogen (secondary N) is 4. The highest BCUT2D eigenvalue weighted by Gasteiger charge is 2.54. The van der Waals surface area contributed by atoms with E-state index in [2.05, 4.69) is 50.9 Å². The standard InChI is InChI=1S/C23H19F4N7O.C22H20FN7O3S.C22H19FN6O3/c24-14-4-1-3-13(10-28)19(14)15-9-17(20-16(31-15)11-30-21(20)35)34-8-5-18(32-34)33-7-2-6-22(29,12-33)23(25,26)27;1-34(32,33)28-14-5-7-29(12-14)19-6-8-30(27-19)18-9-16(26-17-11-25-22(31)21(17)18)20-13(10-24)3-2-4-15(20)23;23-15-3-1-2-13(9-24)20(15)16-8-18(21-17(26-16)10-25-22(21)31)29-5-4-19(27-29)28-6-7-32-12-14(30)11-28/h1,3-5,8-9H,2,6-7,11-12,29H2,(H,30,35);2-4,6,8-9,14,28H,5,7,11-12H2,1H3,(H,25,31);1-5,8,14,30H,6-7,10-12H2,(H,25,31)/t22-;;/m1../s1. The van der Waals surface area contributed by atoms with Gasteiger partial charge >= 0.3 is 6.18 Å². The topological polar surface area (TPSA) is 362 Å². The van der Waals surface area contributed by atoms with Crippen LogP contribution in [0.1, 0.15) is 84.1 Å².